The maximum Gasteiger partial charge on any atom is 0.333 e. The Kier molecular flexibility index (Phi) is 13.7. The Balaban J connectivity index is 1.82. The van der Waals surface area contributed by atoms with E-state index in [0.717, 1.165) is 17.7 Å². The molecule has 1 unspecified atom stereocenters. The molecule has 1 atom stereocenters. The number of methoxy groups -OCH3 is 1. The predicted molar refractivity (Wildman–Crippen MR) is 137 cm³/mol. The van der Waals surface area contributed by atoms with E-state index in [2.05, 4.69) is 17.4 Å². The maximum absolute atomic E-state index is 12.6. The van der Waals surface area contributed by atoms with Gasteiger partial charge >= 0.3 is 12.0 Å². The lowest BCUT2D eigenvalue weighted by Crippen LogP contribution is -2.43. The molecule has 8 nitrogen and oxygen atoms in total. The highest BCUT2D eigenvalue weighted by atomic mass is 32.2. The molecule has 0 radical (unpaired) electrons. The van der Waals surface area contributed by atoms with E-state index in [4.69, 9.17) is 14.2 Å². The van der Waals surface area contributed by atoms with Gasteiger partial charge in [0.05, 0.1) is 13.2 Å². The second-order valence-electron chi connectivity index (χ2n) is 7.71. The summed E-state index contributed by atoms with van der Waals surface area (Å²) in [4.78, 5) is 26.9. The van der Waals surface area contributed by atoms with Gasteiger partial charge in [-0.25, -0.2) is 9.59 Å². The molecule has 0 saturated heterocycles. The fourth-order valence-electron chi connectivity index (χ4n) is 3.28. The molecule has 9 heteroatoms. The highest BCUT2D eigenvalue weighted by Crippen LogP contribution is 2.18. The minimum absolute atomic E-state index is 0.138. The van der Waals surface area contributed by atoms with Gasteiger partial charge in [-0.3, -0.25) is 0 Å². The highest BCUT2D eigenvalue weighted by Gasteiger charge is 2.18. The number of hydrogen-bond acceptors (Lipinski definition) is 6. The van der Waals surface area contributed by atoms with Crippen molar-refractivity contribution in [2.75, 3.05) is 52.3 Å². The van der Waals surface area contributed by atoms with E-state index in [1.165, 1.54) is 4.90 Å². The number of ether oxygens (including phenoxy) is 3. The van der Waals surface area contributed by atoms with Crippen LogP contribution in [0.2, 0.25) is 0 Å². The fourth-order valence-corrected chi connectivity index (χ4v) is 4.14. The van der Waals surface area contributed by atoms with Crippen LogP contribution in [0.1, 0.15) is 18.9 Å². The second-order valence-corrected chi connectivity index (χ2v) is 8.87. The summed E-state index contributed by atoms with van der Waals surface area (Å²) < 4.78 is 16.1. The Morgan fingerprint density at radius 1 is 1.06 bits per heavy atom. The van der Waals surface area contributed by atoms with Gasteiger partial charge in [0.1, 0.15) is 12.4 Å². The number of carbonyl (C=O) groups is 2. The molecule has 2 amide bonds. The third kappa shape index (κ3) is 11.5. The lowest BCUT2D eigenvalue weighted by Gasteiger charge is -2.23. The molecule has 0 fully saturated rings. The number of carboxylic acids is 1. The molecule has 2 aromatic carbocycles. The molecule has 0 aliphatic heterocycles. The SMILES string of the molecule is CCOC(Cc1ccc(OCCN(CCCSc2ccccc2)C(=O)NCCOC)cc1)C(=O)O. The number of thioether (sulfide) groups is 1. The Morgan fingerprint density at radius 2 is 1.80 bits per heavy atom. The number of carbonyl (C=O) groups excluding carboxylic acids is 1. The number of urea groups is 1. The number of hydrogen-bond donors (Lipinski definition) is 2. The number of nitrogens with zero attached hydrogens (tertiary/aromatic N) is 1. The summed E-state index contributed by atoms with van der Waals surface area (Å²) in [6.45, 7) is 4.44. The first-order valence-electron chi connectivity index (χ1n) is 11.8. The molecular weight excluding hydrogens is 468 g/mol. The van der Waals surface area contributed by atoms with Gasteiger partial charge in [0.2, 0.25) is 0 Å². The monoisotopic (exact) mass is 504 g/mol. The summed E-state index contributed by atoms with van der Waals surface area (Å²) in [5.74, 6) is 0.599. The van der Waals surface area contributed by atoms with E-state index in [-0.39, 0.29) is 6.03 Å². The minimum atomic E-state index is -0.974. The Labute approximate surface area is 211 Å². The number of benzene rings is 2. The van der Waals surface area contributed by atoms with Crippen LogP contribution in [-0.4, -0.2) is 80.4 Å². The summed E-state index contributed by atoms with van der Waals surface area (Å²) in [6, 6.07) is 17.3. The first-order valence-corrected chi connectivity index (χ1v) is 12.8. The molecule has 0 aliphatic carbocycles. The van der Waals surface area contributed by atoms with Crippen LogP contribution in [0.15, 0.2) is 59.5 Å². The van der Waals surface area contributed by atoms with Crippen molar-refractivity contribution in [3.63, 3.8) is 0 Å². The van der Waals surface area contributed by atoms with Crippen molar-refractivity contribution in [1.82, 2.24) is 10.2 Å². The topological polar surface area (TPSA) is 97.3 Å². The third-order valence-electron chi connectivity index (χ3n) is 5.07. The summed E-state index contributed by atoms with van der Waals surface area (Å²) in [6.07, 6.45) is 0.285. The van der Waals surface area contributed by atoms with Crippen LogP contribution in [0.5, 0.6) is 5.75 Å². The number of nitrogens with one attached hydrogen (secondary N) is 1. The van der Waals surface area contributed by atoms with Crippen molar-refractivity contribution in [2.24, 2.45) is 0 Å². The van der Waals surface area contributed by atoms with Gasteiger partial charge in [-0.05, 0) is 48.9 Å². The number of rotatable bonds is 17. The lowest BCUT2D eigenvalue weighted by molar-refractivity contribution is -0.149. The van der Waals surface area contributed by atoms with Crippen LogP contribution < -0.4 is 10.1 Å². The second kappa shape index (κ2) is 16.8. The summed E-state index contributed by atoms with van der Waals surface area (Å²) in [7, 11) is 1.60. The molecule has 0 bridgehead atoms. The van der Waals surface area contributed by atoms with E-state index >= 15 is 0 Å². The van der Waals surface area contributed by atoms with Crippen LogP contribution in [0.25, 0.3) is 0 Å². The van der Waals surface area contributed by atoms with Crippen molar-refractivity contribution in [3.05, 3.63) is 60.2 Å². The van der Waals surface area contributed by atoms with Crippen molar-refractivity contribution < 1.29 is 28.9 Å². The van der Waals surface area contributed by atoms with Crippen LogP contribution in [0.4, 0.5) is 4.79 Å². The summed E-state index contributed by atoms with van der Waals surface area (Å²) in [5.41, 5.74) is 0.855. The predicted octanol–water partition coefficient (Wildman–Crippen LogP) is 3.94. The van der Waals surface area contributed by atoms with Crippen molar-refractivity contribution in [2.45, 2.75) is 30.8 Å². The number of carboxylic acid groups (broad SMARTS) is 1. The zero-order valence-electron chi connectivity index (χ0n) is 20.5. The van der Waals surface area contributed by atoms with Gasteiger partial charge in [-0.2, -0.15) is 0 Å². The molecule has 0 heterocycles. The first kappa shape index (κ1) is 28.5. The van der Waals surface area contributed by atoms with Gasteiger partial charge in [0.25, 0.3) is 0 Å². The average Bonchev–Trinajstić information content (AvgIpc) is 2.86. The third-order valence-corrected chi connectivity index (χ3v) is 6.17. The molecule has 35 heavy (non-hydrogen) atoms. The van der Waals surface area contributed by atoms with Crippen molar-refractivity contribution >= 4 is 23.8 Å². The van der Waals surface area contributed by atoms with E-state index in [1.807, 2.05) is 30.3 Å². The normalized spacial score (nSPS) is 11.6. The smallest absolute Gasteiger partial charge is 0.333 e. The van der Waals surface area contributed by atoms with Crippen LogP contribution in [-0.2, 0) is 20.7 Å². The molecule has 0 spiro atoms. The molecule has 0 aliphatic rings. The molecule has 2 aromatic rings. The van der Waals surface area contributed by atoms with Gasteiger partial charge < -0.3 is 29.5 Å². The van der Waals surface area contributed by atoms with E-state index in [0.29, 0.717) is 51.6 Å². The van der Waals surface area contributed by atoms with Gasteiger partial charge in [0, 0.05) is 38.1 Å². The molecule has 2 N–H and O–H groups in total. The fraction of sp³-hybridized carbons (Fsp3) is 0.462. The molecular formula is C26H36N2O6S. The number of aliphatic carboxylic acids is 1. The van der Waals surface area contributed by atoms with Crippen molar-refractivity contribution in [3.8, 4) is 5.75 Å². The van der Waals surface area contributed by atoms with Gasteiger partial charge in [0.15, 0.2) is 6.10 Å². The highest BCUT2D eigenvalue weighted by molar-refractivity contribution is 7.99. The molecule has 0 aromatic heterocycles. The average molecular weight is 505 g/mol. The largest absolute Gasteiger partial charge is 0.492 e. The Hall–Kier alpha value is -2.75. The molecule has 0 saturated carbocycles. The van der Waals surface area contributed by atoms with Gasteiger partial charge in [-0.15, -0.1) is 11.8 Å². The molecule has 192 valence electrons. The summed E-state index contributed by atoms with van der Waals surface area (Å²) in [5, 5.41) is 12.1. The quantitative estimate of drug-likeness (QED) is 0.249. The Bertz CT molecular complexity index is 866. The van der Waals surface area contributed by atoms with Crippen molar-refractivity contribution in [1.29, 1.82) is 0 Å². The first-order chi connectivity index (χ1) is 17.0. The lowest BCUT2D eigenvalue weighted by atomic mass is 10.1. The van der Waals surface area contributed by atoms with Crippen LogP contribution in [0, 0.1) is 0 Å². The molecule has 2 rings (SSSR count). The van der Waals surface area contributed by atoms with Gasteiger partial charge in [-0.1, -0.05) is 30.3 Å². The zero-order valence-corrected chi connectivity index (χ0v) is 21.3. The van der Waals surface area contributed by atoms with Crippen LogP contribution in [0.3, 0.4) is 0 Å². The van der Waals surface area contributed by atoms with E-state index in [1.54, 1.807) is 42.8 Å². The minimum Gasteiger partial charge on any atom is -0.492 e. The summed E-state index contributed by atoms with van der Waals surface area (Å²) >= 11 is 1.77. The standard InChI is InChI=1S/C26H36N2O6S/c1-3-33-24(25(29)30)20-21-10-12-22(13-11-21)34-18-16-28(26(31)27-14-17-32-2)15-7-19-35-23-8-5-4-6-9-23/h4-6,8-13,24H,3,7,14-20H2,1-2H3,(H,27,31)(H,29,30). The van der Waals surface area contributed by atoms with E-state index < -0.39 is 12.1 Å². The van der Waals surface area contributed by atoms with E-state index in [9.17, 15) is 14.7 Å². The van der Waals surface area contributed by atoms with Crippen LogP contribution >= 0.6 is 11.8 Å². The zero-order chi connectivity index (χ0) is 25.3. The Morgan fingerprint density at radius 3 is 2.46 bits per heavy atom. The number of amides is 2. The maximum atomic E-state index is 12.6.